The highest BCUT2D eigenvalue weighted by atomic mass is 32.2. The summed E-state index contributed by atoms with van der Waals surface area (Å²) in [7, 11) is -15.9. The Morgan fingerprint density at radius 1 is 1.11 bits per heavy atom. The van der Waals surface area contributed by atoms with Crippen LogP contribution >= 0.6 is 15.2 Å². The maximum absolute atomic E-state index is 10.9. The van der Waals surface area contributed by atoms with Gasteiger partial charge in [0.2, 0.25) is 5.52 Å². The van der Waals surface area contributed by atoms with Gasteiger partial charge in [-0.25, -0.2) is 0 Å². The van der Waals surface area contributed by atoms with Crippen molar-refractivity contribution >= 4 is 25.3 Å². The summed E-state index contributed by atoms with van der Waals surface area (Å²) in [6, 6.07) is 0. The van der Waals surface area contributed by atoms with Crippen molar-refractivity contribution in [2.75, 3.05) is 0 Å². The molecule has 0 aromatic heterocycles. The van der Waals surface area contributed by atoms with Crippen molar-refractivity contribution in [3.05, 3.63) is 0 Å². The smallest absolute Gasteiger partial charge is 0.354 e. The van der Waals surface area contributed by atoms with E-state index in [1.54, 1.807) is 0 Å². The van der Waals surface area contributed by atoms with Gasteiger partial charge in [0.15, 0.2) is 5.37 Å². The summed E-state index contributed by atoms with van der Waals surface area (Å²) in [5.41, 5.74) is -2.85. The second-order valence-corrected chi connectivity index (χ2v) is 8.96. The molecule has 0 aromatic rings. The SMILES string of the molecule is CCC(O)C(NC(P(=O)(O)O)P(=O)(O)O)S(=O)(=O)O. The zero-order valence-corrected chi connectivity index (χ0v) is 12.2. The average molecular weight is 343 g/mol. The van der Waals surface area contributed by atoms with E-state index in [9.17, 15) is 22.7 Å². The zero-order chi connectivity index (χ0) is 15.6. The molecule has 0 aliphatic carbocycles. The van der Waals surface area contributed by atoms with Crippen LogP contribution in [0.3, 0.4) is 0 Å². The fourth-order valence-electron chi connectivity index (χ4n) is 1.15. The fourth-order valence-corrected chi connectivity index (χ4v) is 4.52. The van der Waals surface area contributed by atoms with Gasteiger partial charge in [0.25, 0.3) is 10.1 Å². The van der Waals surface area contributed by atoms with Gasteiger partial charge in [-0.2, -0.15) is 8.42 Å². The molecule has 0 amide bonds. The molecule has 0 radical (unpaired) electrons. The first kappa shape index (κ1) is 19.1. The van der Waals surface area contributed by atoms with Crippen LogP contribution in [0.5, 0.6) is 0 Å². The van der Waals surface area contributed by atoms with Crippen molar-refractivity contribution in [1.29, 1.82) is 0 Å². The lowest BCUT2D eigenvalue weighted by Gasteiger charge is -2.27. The Bertz CT molecular complexity index is 470. The molecule has 0 fully saturated rings. The molecule has 116 valence electrons. The Balaban J connectivity index is 5.54. The predicted molar refractivity (Wildman–Crippen MR) is 62.6 cm³/mol. The van der Waals surface area contributed by atoms with E-state index >= 15 is 0 Å². The van der Waals surface area contributed by atoms with Crippen molar-refractivity contribution in [3.8, 4) is 0 Å². The number of hydrogen-bond acceptors (Lipinski definition) is 6. The van der Waals surface area contributed by atoms with Gasteiger partial charge in [-0.05, 0) is 6.42 Å². The average Bonchev–Trinajstić information content (AvgIpc) is 2.11. The quantitative estimate of drug-likeness (QED) is 0.203. The number of aliphatic hydroxyl groups is 1. The molecule has 0 saturated heterocycles. The molecule has 2 atom stereocenters. The van der Waals surface area contributed by atoms with Crippen LogP contribution in [0.4, 0.5) is 0 Å². The lowest BCUT2D eigenvalue weighted by atomic mass is 10.3. The molecule has 0 aliphatic rings. The van der Waals surface area contributed by atoms with E-state index in [2.05, 4.69) is 0 Å². The Labute approximate surface area is 108 Å². The van der Waals surface area contributed by atoms with Gasteiger partial charge >= 0.3 is 15.2 Å². The summed E-state index contributed by atoms with van der Waals surface area (Å²) < 4.78 is 52.6. The first-order valence-electron chi connectivity index (χ1n) is 4.72. The summed E-state index contributed by atoms with van der Waals surface area (Å²) in [5, 5.41) is 8.39. The summed E-state index contributed by atoms with van der Waals surface area (Å²) in [5.74, 6) is 0. The van der Waals surface area contributed by atoms with Crippen LogP contribution in [-0.4, -0.2) is 54.7 Å². The molecule has 0 spiro atoms. The van der Waals surface area contributed by atoms with E-state index in [1.165, 1.54) is 12.2 Å². The number of rotatable bonds is 7. The fraction of sp³-hybridized carbons (Fsp3) is 1.00. The Kier molecular flexibility index (Phi) is 6.31. The molecule has 19 heavy (non-hydrogen) atoms. The van der Waals surface area contributed by atoms with Gasteiger partial charge in [0.05, 0.1) is 6.10 Å². The van der Waals surface area contributed by atoms with Gasteiger partial charge in [-0.1, -0.05) is 6.92 Å². The van der Waals surface area contributed by atoms with Crippen molar-refractivity contribution in [2.45, 2.75) is 30.3 Å². The summed E-state index contributed by atoms with van der Waals surface area (Å²) in [6.07, 6.45) is -2.08. The highest BCUT2D eigenvalue weighted by Gasteiger charge is 2.47. The zero-order valence-electron chi connectivity index (χ0n) is 9.56. The van der Waals surface area contributed by atoms with Crippen molar-refractivity contribution < 1.29 is 46.8 Å². The lowest BCUT2D eigenvalue weighted by Crippen LogP contribution is -2.49. The molecule has 0 saturated carbocycles. The maximum Gasteiger partial charge on any atom is 0.354 e. The van der Waals surface area contributed by atoms with Crippen LogP contribution in [0.2, 0.25) is 0 Å². The molecule has 11 nitrogen and oxygen atoms in total. The minimum Gasteiger partial charge on any atom is -0.390 e. The summed E-state index contributed by atoms with van der Waals surface area (Å²) >= 11 is 0. The van der Waals surface area contributed by atoms with E-state index in [-0.39, 0.29) is 6.42 Å². The lowest BCUT2D eigenvalue weighted by molar-refractivity contribution is 0.147. The van der Waals surface area contributed by atoms with Crippen LogP contribution < -0.4 is 5.32 Å². The standard InChI is InChI=1S/C5H15NO10P2S/c1-2-3(7)4(19(14,15)16)6-5(17(8,9)10)18(11,12)13/h3-7H,2H2,1H3,(H2,8,9,10)(H2,11,12,13)(H,14,15,16). The van der Waals surface area contributed by atoms with Gasteiger partial charge in [-0.3, -0.25) is 19.0 Å². The molecule has 0 heterocycles. The third-order valence-electron chi connectivity index (χ3n) is 2.04. The highest BCUT2D eigenvalue weighted by Crippen LogP contribution is 2.58. The monoisotopic (exact) mass is 343 g/mol. The molecule has 2 unspecified atom stereocenters. The molecule has 0 aromatic carbocycles. The molecule has 0 aliphatic heterocycles. The van der Waals surface area contributed by atoms with E-state index in [0.29, 0.717) is 0 Å². The third kappa shape index (κ3) is 5.96. The number of hydrogen-bond donors (Lipinski definition) is 7. The largest absolute Gasteiger partial charge is 0.390 e. The minimum atomic E-state index is -5.43. The Hall–Kier alpha value is 0.130. The van der Waals surface area contributed by atoms with E-state index in [4.69, 9.17) is 24.1 Å². The predicted octanol–water partition coefficient (Wildman–Crippen LogP) is -1.80. The molecular formula is C5H15NO10P2S. The molecule has 7 N–H and O–H groups in total. The van der Waals surface area contributed by atoms with Crippen molar-refractivity contribution in [2.24, 2.45) is 0 Å². The molecule has 14 heteroatoms. The van der Waals surface area contributed by atoms with Crippen LogP contribution in [0.1, 0.15) is 13.3 Å². The second kappa shape index (κ2) is 6.27. The van der Waals surface area contributed by atoms with Crippen LogP contribution in [-0.2, 0) is 19.2 Å². The first-order chi connectivity index (χ1) is 8.21. The van der Waals surface area contributed by atoms with Crippen LogP contribution in [0.25, 0.3) is 0 Å². The van der Waals surface area contributed by atoms with E-state index < -0.39 is 42.3 Å². The highest BCUT2D eigenvalue weighted by molar-refractivity contribution is 7.86. The van der Waals surface area contributed by atoms with Gasteiger partial charge in [0.1, 0.15) is 0 Å². The van der Waals surface area contributed by atoms with Crippen molar-refractivity contribution in [1.82, 2.24) is 5.32 Å². The van der Waals surface area contributed by atoms with Crippen LogP contribution in [0, 0.1) is 0 Å². The maximum atomic E-state index is 10.9. The normalized spacial score (nSPS) is 17.5. The summed E-state index contributed by atoms with van der Waals surface area (Å²) in [4.78, 5) is 35.1. The minimum absolute atomic E-state index is 0.257. The summed E-state index contributed by atoms with van der Waals surface area (Å²) in [6.45, 7) is 1.29. The number of aliphatic hydroxyl groups excluding tert-OH is 1. The van der Waals surface area contributed by atoms with Gasteiger partial charge in [0, 0.05) is 0 Å². The van der Waals surface area contributed by atoms with Gasteiger partial charge < -0.3 is 24.7 Å². The topological polar surface area (TPSA) is 202 Å². The number of nitrogens with one attached hydrogen (secondary N) is 1. The molecular weight excluding hydrogens is 328 g/mol. The van der Waals surface area contributed by atoms with Crippen molar-refractivity contribution in [3.63, 3.8) is 0 Å². The Morgan fingerprint density at radius 3 is 1.68 bits per heavy atom. The Morgan fingerprint density at radius 2 is 1.47 bits per heavy atom. The van der Waals surface area contributed by atoms with E-state index in [1.807, 2.05) is 0 Å². The second-order valence-electron chi connectivity index (χ2n) is 3.63. The first-order valence-corrected chi connectivity index (χ1v) is 9.58. The van der Waals surface area contributed by atoms with E-state index in [0.717, 1.165) is 0 Å². The van der Waals surface area contributed by atoms with Gasteiger partial charge in [-0.15, -0.1) is 0 Å². The molecule has 0 bridgehead atoms. The van der Waals surface area contributed by atoms with Crippen LogP contribution in [0.15, 0.2) is 0 Å². The molecule has 0 rings (SSSR count). The third-order valence-corrected chi connectivity index (χ3v) is 6.51.